The Morgan fingerprint density at radius 3 is 2.96 bits per heavy atom. The highest BCUT2D eigenvalue weighted by Gasteiger charge is 2.22. The number of nitrogens with one attached hydrogen (secondary N) is 2. The quantitative estimate of drug-likeness (QED) is 0.802. The average Bonchev–Trinajstić information content (AvgIpc) is 2.94. The van der Waals surface area contributed by atoms with E-state index in [-0.39, 0.29) is 24.3 Å². The highest BCUT2D eigenvalue weighted by atomic mass is 16.2. The lowest BCUT2D eigenvalue weighted by molar-refractivity contribution is -0.119. The predicted octanol–water partition coefficient (Wildman–Crippen LogP) is 1.80. The Hall–Kier alpha value is -2.89. The van der Waals surface area contributed by atoms with E-state index < -0.39 is 0 Å². The minimum Gasteiger partial charge on any atom is -0.384 e. The molecule has 2 aromatic rings. The molecule has 6 heteroatoms. The molecule has 2 heterocycles. The van der Waals surface area contributed by atoms with Gasteiger partial charge in [0.25, 0.3) is 0 Å². The number of benzene rings is 1. The van der Waals surface area contributed by atoms with Crippen LogP contribution in [0.5, 0.6) is 0 Å². The largest absolute Gasteiger partial charge is 0.384 e. The normalized spacial score (nSPS) is 16.9. The minimum atomic E-state index is -0.122. The van der Waals surface area contributed by atoms with Gasteiger partial charge in [-0.25, -0.2) is 4.98 Å². The number of aromatic nitrogens is 1. The number of pyridine rings is 1. The molecule has 0 spiro atoms. The first-order valence-electron chi connectivity index (χ1n) is 7.50. The molecule has 23 heavy (non-hydrogen) atoms. The molecule has 1 aromatic carbocycles. The average molecular weight is 310 g/mol. The molecule has 1 fully saturated rings. The number of hydrogen-bond donors (Lipinski definition) is 3. The number of anilines is 2. The van der Waals surface area contributed by atoms with Crippen LogP contribution in [0.15, 0.2) is 42.6 Å². The lowest BCUT2D eigenvalue weighted by Gasteiger charge is -2.12. The molecule has 118 valence electrons. The van der Waals surface area contributed by atoms with Gasteiger partial charge >= 0.3 is 0 Å². The molecule has 1 unspecified atom stereocenters. The third-order valence-corrected chi connectivity index (χ3v) is 3.78. The molecule has 0 radical (unpaired) electrons. The lowest BCUT2D eigenvalue weighted by Crippen LogP contribution is -2.19. The number of rotatable bonds is 4. The van der Waals surface area contributed by atoms with E-state index in [4.69, 9.17) is 5.73 Å². The van der Waals surface area contributed by atoms with Gasteiger partial charge in [-0.2, -0.15) is 0 Å². The Labute approximate surface area is 134 Å². The maximum Gasteiger partial charge on any atom is 0.228 e. The Balaban J connectivity index is 1.65. The molecule has 1 saturated heterocycles. The van der Waals surface area contributed by atoms with Gasteiger partial charge in [-0.3, -0.25) is 9.59 Å². The van der Waals surface area contributed by atoms with Gasteiger partial charge in [-0.15, -0.1) is 0 Å². The zero-order chi connectivity index (χ0) is 16.2. The Morgan fingerprint density at radius 1 is 1.35 bits per heavy atom. The fraction of sp³-hybridized carbons (Fsp3) is 0.235. The van der Waals surface area contributed by atoms with E-state index in [1.807, 2.05) is 24.3 Å². The first-order valence-corrected chi connectivity index (χ1v) is 7.50. The van der Waals surface area contributed by atoms with Crippen molar-refractivity contribution < 1.29 is 9.59 Å². The third kappa shape index (κ3) is 3.85. The van der Waals surface area contributed by atoms with Gasteiger partial charge in [0, 0.05) is 18.3 Å². The van der Waals surface area contributed by atoms with Crippen molar-refractivity contribution >= 4 is 23.3 Å². The summed E-state index contributed by atoms with van der Waals surface area (Å²) < 4.78 is 0. The smallest absolute Gasteiger partial charge is 0.228 e. The van der Waals surface area contributed by atoms with Crippen LogP contribution in [0.2, 0.25) is 0 Å². The van der Waals surface area contributed by atoms with E-state index in [1.165, 1.54) is 0 Å². The molecule has 0 bridgehead atoms. The molecule has 1 aliphatic heterocycles. The van der Waals surface area contributed by atoms with Crippen molar-refractivity contribution in [2.45, 2.75) is 25.3 Å². The van der Waals surface area contributed by atoms with Crippen LogP contribution in [0.3, 0.4) is 0 Å². The van der Waals surface area contributed by atoms with Crippen LogP contribution >= 0.6 is 0 Å². The molecule has 0 aliphatic carbocycles. The molecule has 6 nitrogen and oxygen atoms in total. The van der Waals surface area contributed by atoms with Crippen LogP contribution in [0.25, 0.3) is 0 Å². The standard InChI is InChI=1S/C17H18N4O2/c18-15-8-11(6-7-19-15)9-17(23)20-13-3-1-2-12(10-13)14-4-5-16(22)21-14/h1-3,6-8,10,14H,4-5,9H2,(H2,18,19)(H,20,23)(H,21,22). The van der Waals surface area contributed by atoms with Crippen molar-refractivity contribution in [1.29, 1.82) is 0 Å². The molecular formula is C17H18N4O2. The van der Waals surface area contributed by atoms with E-state index in [0.717, 1.165) is 23.2 Å². The summed E-state index contributed by atoms with van der Waals surface area (Å²) >= 11 is 0. The predicted molar refractivity (Wildman–Crippen MR) is 87.5 cm³/mol. The van der Waals surface area contributed by atoms with E-state index in [9.17, 15) is 9.59 Å². The Bertz CT molecular complexity index is 745. The van der Waals surface area contributed by atoms with Gasteiger partial charge in [0.15, 0.2) is 0 Å². The van der Waals surface area contributed by atoms with E-state index in [2.05, 4.69) is 15.6 Å². The second-order valence-electron chi connectivity index (χ2n) is 5.60. The van der Waals surface area contributed by atoms with Gasteiger partial charge in [0.05, 0.1) is 12.5 Å². The zero-order valence-electron chi connectivity index (χ0n) is 12.6. The number of hydrogen-bond acceptors (Lipinski definition) is 4. The Morgan fingerprint density at radius 2 is 2.22 bits per heavy atom. The van der Waals surface area contributed by atoms with E-state index in [1.54, 1.807) is 18.3 Å². The minimum absolute atomic E-state index is 0.0272. The molecule has 1 atom stereocenters. The third-order valence-electron chi connectivity index (χ3n) is 3.78. The summed E-state index contributed by atoms with van der Waals surface area (Å²) in [7, 11) is 0. The highest BCUT2D eigenvalue weighted by Crippen LogP contribution is 2.25. The summed E-state index contributed by atoms with van der Waals surface area (Å²) in [5.41, 5.74) is 8.14. The Kier molecular flexibility index (Phi) is 4.23. The number of nitrogens with two attached hydrogens (primary N) is 1. The first kappa shape index (κ1) is 15.0. The van der Waals surface area contributed by atoms with Crippen molar-refractivity contribution in [3.63, 3.8) is 0 Å². The topological polar surface area (TPSA) is 97.1 Å². The van der Waals surface area contributed by atoms with E-state index in [0.29, 0.717) is 12.2 Å². The van der Waals surface area contributed by atoms with Crippen molar-refractivity contribution in [2.75, 3.05) is 11.1 Å². The fourth-order valence-corrected chi connectivity index (χ4v) is 2.69. The molecule has 1 aliphatic rings. The molecule has 3 rings (SSSR count). The summed E-state index contributed by atoms with van der Waals surface area (Å²) in [6, 6.07) is 11.0. The van der Waals surface area contributed by atoms with Crippen LogP contribution < -0.4 is 16.4 Å². The van der Waals surface area contributed by atoms with Crippen LogP contribution in [0.4, 0.5) is 11.5 Å². The number of nitrogen functional groups attached to an aromatic ring is 1. The molecule has 2 amide bonds. The highest BCUT2D eigenvalue weighted by molar-refractivity contribution is 5.92. The van der Waals surface area contributed by atoms with Gasteiger partial charge in [-0.05, 0) is 41.8 Å². The SMILES string of the molecule is Nc1cc(CC(=O)Nc2cccc(C3CCC(=O)N3)c2)ccn1. The summed E-state index contributed by atoms with van der Waals surface area (Å²) in [6.45, 7) is 0. The zero-order valence-corrected chi connectivity index (χ0v) is 12.6. The lowest BCUT2D eigenvalue weighted by atomic mass is 10.0. The fourth-order valence-electron chi connectivity index (χ4n) is 2.69. The van der Waals surface area contributed by atoms with Gasteiger partial charge in [0.1, 0.15) is 5.82 Å². The summed E-state index contributed by atoms with van der Waals surface area (Å²) in [6.07, 6.45) is 3.15. The second kappa shape index (κ2) is 6.48. The van der Waals surface area contributed by atoms with Crippen LogP contribution in [0.1, 0.15) is 30.0 Å². The van der Waals surface area contributed by atoms with Gasteiger partial charge in [-0.1, -0.05) is 12.1 Å². The number of nitrogens with zero attached hydrogens (tertiary/aromatic N) is 1. The summed E-state index contributed by atoms with van der Waals surface area (Å²) in [5, 5.41) is 5.80. The van der Waals surface area contributed by atoms with Crippen molar-refractivity contribution in [1.82, 2.24) is 10.3 Å². The molecular weight excluding hydrogens is 292 g/mol. The van der Waals surface area contributed by atoms with Crippen LogP contribution in [-0.2, 0) is 16.0 Å². The number of carbonyl (C=O) groups is 2. The molecule has 1 aromatic heterocycles. The van der Waals surface area contributed by atoms with Crippen molar-refractivity contribution in [3.8, 4) is 0 Å². The van der Waals surface area contributed by atoms with Crippen molar-refractivity contribution in [3.05, 3.63) is 53.7 Å². The molecule has 0 saturated carbocycles. The van der Waals surface area contributed by atoms with Crippen LogP contribution in [-0.4, -0.2) is 16.8 Å². The summed E-state index contributed by atoms with van der Waals surface area (Å²) in [4.78, 5) is 27.4. The maximum absolute atomic E-state index is 12.1. The first-order chi connectivity index (χ1) is 11.1. The van der Waals surface area contributed by atoms with Gasteiger partial charge < -0.3 is 16.4 Å². The number of carbonyl (C=O) groups excluding carboxylic acids is 2. The van der Waals surface area contributed by atoms with Crippen LogP contribution in [0, 0.1) is 0 Å². The van der Waals surface area contributed by atoms with Crippen molar-refractivity contribution in [2.24, 2.45) is 0 Å². The summed E-state index contributed by atoms with van der Waals surface area (Å²) in [5.74, 6) is 0.345. The molecule has 4 N–H and O–H groups in total. The maximum atomic E-state index is 12.1. The van der Waals surface area contributed by atoms with E-state index >= 15 is 0 Å². The number of amides is 2. The van der Waals surface area contributed by atoms with Gasteiger partial charge in [0.2, 0.25) is 11.8 Å². The monoisotopic (exact) mass is 310 g/mol. The second-order valence-corrected chi connectivity index (χ2v) is 5.60.